The van der Waals surface area contributed by atoms with Gasteiger partial charge in [-0.1, -0.05) is 0 Å². The zero-order valence-corrected chi connectivity index (χ0v) is 16.4. The average Bonchev–Trinajstić information content (AvgIpc) is 2.49. The van der Waals surface area contributed by atoms with Crippen LogP contribution in [0, 0.1) is 0 Å². The van der Waals surface area contributed by atoms with Crippen LogP contribution in [0.1, 0.15) is 37.5 Å². The van der Waals surface area contributed by atoms with Crippen molar-refractivity contribution in [2.24, 2.45) is 0 Å². The summed E-state index contributed by atoms with van der Waals surface area (Å²) in [4.78, 5) is 34.0. The van der Waals surface area contributed by atoms with Crippen molar-refractivity contribution in [3.8, 4) is 0 Å². The molecule has 1 aromatic rings. The summed E-state index contributed by atoms with van der Waals surface area (Å²) >= 11 is 0. The molecule has 0 atom stereocenters. The van der Waals surface area contributed by atoms with Crippen LogP contribution >= 0.6 is 0 Å². The monoisotopic (exact) mass is 446 g/mol. The van der Waals surface area contributed by atoms with Crippen LogP contribution in [-0.4, -0.2) is 26.7 Å². The topological polar surface area (TPSA) is 78.9 Å². The molecule has 0 spiro atoms. The van der Waals surface area contributed by atoms with Gasteiger partial charge in [-0.25, -0.2) is 0 Å². The highest BCUT2D eigenvalue weighted by molar-refractivity contribution is 6.65. The summed E-state index contributed by atoms with van der Waals surface area (Å²) in [7, 11) is -4.41. The molecule has 0 bridgehead atoms. The first-order valence-corrected chi connectivity index (χ1v) is 9.84. The molecular formula is C16H16F6O6Si. The lowest BCUT2D eigenvalue weighted by Crippen LogP contribution is -2.49. The van der Waals surface area contributed by atoms with E-state index in [9.17, 15) is 40.7 Å². The van der Waals surface area contributed by atoms with E-state index in [1.807, 2.05) is 0 Å². The molecule has 0 amide bonds. The highest BCUT2D eigenvalue weighted by atomic mass is 28.4. The smallest absolute Gasteiger partial charge is 0.455 e. The Hall–Kier alpha value is -2.57. The van der Waals surface area contributed by atoms with Crippen molar-refractivity contribution in [2.45, 2.75) is 45.6 Å². The standard InChI is InChI=1S/C16H16F6O6Si/c1-9(23)26-29(27-10(2)24,28-11(3)25)5-4-12-6-13(15(17,18)19)8-14(7-12)16(20,21)22/h6-8H,4-5H2,1-3H3. The van der Waals surface area contributed by atoms with Crippen LogP contribution in [0.5, 0.6) is 0 Å². The molecule has 0 aliphatic rings. The first-order chi connectivity index (χ1) is 13.0. The Labute approximate surface area is 162 Å². The Morgan fingerprint density at radius 1 is 0.759 bits per heavy atom. The number of alkyl halides is 6. The number of rotatable bonds is 6. The molecule has 0 saturated heterocycles. The maximum atomic E-state index is 13.0. The van der Waals surface area contributed by atoms with E-state index in [1.165, 1.54) is 0 Å². The molecule has 0 N–H and O–H groups in total. The number of hydrogen-bond donors (Lipinski definition) is 0. The minimum Gasteiger partial charge on any atom is -0.455 e. The van der Waals surface area contributed by atoms with Gasteiger partial charge in [0.2, 0.25) is 0 Å². The van der Waals surface area contributed by atoms with Gasteiger partial charge in [0.15, 0.2) is 0 Å². The summed E-state index contributed by atoms with van der Waals surface area (Å²) in [5.74, 6) is -3.04. The second-order valence-corrected chi connectivity index (χ2v) is 8.36. The highest BCUT2D eigenvalue weighted by Crippen LogP contribution is 2.37. The van der Waals surface area contributed by atoms with Gasteiger partial charge >= 0.3 is 21.2 Å². The zero-order chi connectivity index (χ0) is 22.6. The minimum atomic E-state index is -5.05. The van der Waals surface area contributed by atoms with Crippen molar-refractivity contribution in [1.82, 2.24) is 0 Å². The van der Waals surface area contributed by atoms with Gasteiger partial charge in [0.05, 0.1) is 17.2 Å². The zero-order valence-electron chi connectivity index (χ0n) is 15.4. The first kappa shape index (κ1) is 24.5. The van der Waals surface area contributed by atoms with Gasteiger partial charge < -0.3 is 13.3 Å². The van der Waals surface area contributed by atoms with Crippen molar-refractivity contribution < 1.29 is 54.0 Å². The van der Waals surface area contributed by atoms with E-state index in [0.717, 1.165) is 20.8 Å². The van der Waals surface area contributed by atoms with Gasteiger partial charge in [0.25, 0.3) is 17.9 Å². The Bertz CT molecular complexity index is 716. The quantitative estimate of drug-likeness (QED) is 0.487. The third-order valence-electron chi connectivity index (χ3n) is 3.27. The van der Waals surface area contributed by atoms with Crippen LogP contribution in [0.2, 0.25) is 6.04 Å². The van der Waals surface area contributed by atoms with Crippen molar-refractivity contribution in [1.29, 1.82) is 0 Å². The van der Waals surface area contributed by atoms with Gasteiger partial charge in [-0.2, -0.15) is 26.3 Å². The number of hydrogen-bond acceptors (Lipinski definition) is 6. The third kappa shape index (κ3) is 7.75. The molecule has 6 nitrogen and oxygen atoms in total. The van der Waals surface area contributed by atoms with Crippen LogP contribution < -0.4 is 0 Å². The minimum absolute atomic E-state index is 0.0433. The lowest BCUT2D eigenvalue weighted by molar-refractivity contribution is -0.148. The highest BCUT2D eigenvalue weighted by Gasteiger charge is 2.51. The Morgan fingerprint density at radius 3 is 1.38 bits per heavy atom. The Kier molecular flexibility index (Phi) is 7.46. The summed E-state index contributed by atoms with van der Waals surface area (Å²) in [6.45, 7) is 2.71. The molecule has 0 heterocycles. The van der Waals surface area contributed by atoms with Crippen LogP contribution in [0.3, 0.4) is 0 Å². The third-order valence-corrected chi connectivity index (χ3v) is 5.92. The number of carbonyl (C=O) groups excluding carboxylic acids is 3. The number of aryl methyl sites for hydroxylation is 1. The molecule has 0 radical (unpaired) electrons. The predicted octanol–water partition coefficient (Wildman–Crippen LogP) is 3.89. The summed E-state index contributed by atoms with van der Waals surface area (Å²) in [5.41, 5.74) is -3.51. The fourth-order valence-electron chi connectivity index (χ4n) is 2.33. The summed E-state index contributed by atoms with van der Waals surface area (Å²) < 4.78 is 92.3. The second kappa shape index (κ2) is 8.84. The van der Waals surface area contributed by atoms with Crippen molar-refractivity contribution in [3.63, 3.8) is 0 Å². The largest absolute Gasteiger partial charge is 0.705 e. The van der Waals surface area contributed by atoms with E-state index in [2.05, 4.69) is 0 Å². The van der Waals surface area contributed by atoms with Crippen molar-refractivity contribution in [2.75, 3.05) is 0 Å². The normalized spacial score (nSPS) is 12.3. The SMILES string of the molecule is CC(=O)O[Si](CCc1cc(C(F)(F)F)cc(C(F)(F)F)c1)(OC(C)=O)OC(C)=O. The molecule has 0 aromatic heterocycles. The van der Waals surface area contributed by atoms with E-state index in [-0.39, 0.29) is 6.07 Å². The van der Waals surface area contributed by atoms with E-state index in [0.29, 0.717) is 12.1 Å². The summed E-state index contributed by atoms with van der Waals surface area (Å²) in [5, 5.41) is 0. The van der Waals surface area contributed by atoms with Crippen LogP contribution in [-0.2, 0) is 46.4 Å². The molecule has 162 valence electrons. The van der Waals surface area contributed by atoms with Gasteiger partial charge in [-0.15, -0.1) is 0 Å². The van der Waals surface area contributed by atoms with Gasteiger partial charge in [-0.05, 0) is 30.2 Å². The molecule has 1 rings (SSSR count). The Morgan fingerprint density at radius 2 is 1.10 bits per heavy atom. The summed E-state index contributed by atoms with van der Waals surface area (Å²) in [6.07, 6.45) is -10.7. The van der Waals surface area contributed by atoms with E-state index in [1.54, 1.807) is 0 Å². The fraction of sp³-hybridized carbons (Fsp3) is 0.438. The van der Waals surface area contributed by atoms with Crippen LogP contribution in [0.15, 0.2) is 18.2 Å². The van der Waals surface area contributed by atoms with Crippen LogP contribution in [0.4, 0.5) is 26.3 Å². The van der Waals surface area contributed by atoms with Crippen molar-refractivity contribution >= 4 is 26.7 Å². The molecular weight excluding hydrogens is 430 g/mol. The van der Waals surface area contributed by atoms with E-state index in [4.69, 9.17) is 13.3 Å². The van der Waals surface area contributed by atoms with E-state index < -0.39 is 68.2 Å². The van der Waals surface area contributed by atoms with Gasteiger partial charge in [-0.3, -0.25) is 14.4 Å². The maximum absolute atomic E-state index is 13.0. The van der Waals surface area contributed by atoms with Gasteiger partial charge in [0, 0.05) is 20.8 Å². The van der Waals surface area contributed by atoms with Crippen molar-refractivity contribution in [3.05, 3.63) is 34.9 Å². The van der Waals surface area contributed by atoms with E-state index >= 15 is 0 Å². The molecule has 0 aliphatic carbocycles. The number of carbonyl (C=O) groups is 3. The molecule has 29 heavy (non-hydrogen) atoms. The Balaban J connectivity index is 3.34. The molecule has 0 saturated carbocycles. The van der Waals surface area contributed by atoms with Crippen LogP contribution in [0.25, 0.3) is 0 Å². The first-order valence-electron chi connectivity index (χ1n) is 7.91. The molecule has 1 aromatic carbocycles. The lowest BCUT2D eigenvalue weighted by atomic mass is 10.0. The molecule has 0 aliphatic heterocycles. The number of halogens is 6. The average molecular weight is 446 g/mol. The second-order valence-electron chi connectivity index (χ2n) is 5.88. The maximum Gasteiger partial charge on any atom is 0.705 e. The van der Waals surface area contributed by atoms with Gasteiger partial charge in [0.1, 0.15) is 0 Å². The summed E-state index contributed by atoms with van der Waals surface area (Å²) in [6, 6.07) is 0.302. The lowest BCUT2D eigenvalue weighted by Gasteiger charge is -2.26. The molecule has 13 heteroatoms. The number of benzene rings is 1. The fourth-order valence-corrected chi connectivity index (χ4v) is 4.67. The predicted molar refractivity (Wildman–Crippen MR) is 86.0 cm³/mol. The molecule has 0 unspecified atom stereocenters. The molecule has 0 fully saturated rings.